The molecular formula is C9H23NO2Si. The minimum Gasteiger partial charge on any atom is -0.358 e. The van der Waals surface area contributed by atoms with Gasteiger partial charge in [0.2, 0.25) is 0 Å². The second kappa shape index (κ2) is 7.50. The summed E-state index contributed by atoms with van der Waals surface area (Å²) in [5.41, 5.74) is 0. The molecule has 0 spiro atoms. The molecule has 0 fully saturated rings. The largest absolute Gasteiger partial charge is 0.358 e. The Labute approximate surface area is 83.5 Å². The van der Waals surface area contributed by atoms with Crippen molar-refractivity contribution in [3.8, 4) is 0 Å². The maximum absolute atomic E-state index is 5.29. The number of hydrogen-bond acceptors (Lipinski definition) is 3. The molecule has 3 nitrogen and oxygen atoms in total. The van der Waals surface area contributed by atoms with Crippen LogP contribution in [-0.4, -0.2) is 35.6 Å². The molecule has 0 bridgehead atoms. The van der Waals surface area contributed by atoms with E-state index in [1.165, 1.54) is 6.04 Å². The van der Waals surface area contributed by atoms with Gasteiger partial charge in [-0.25, -0.2) is 0 Å². The van der Waals surface area contributed by atoms with Crippen LogP contribution in [0.4, 0.5) is 0 Å². The Bertz CT molecular complexity index is 118. The highest BCUT2D eigenvalue weighted by molar-refractivity contribution is 6.57. The summed E-state index contributed by atoms with van der Waals surface area (Å²) in [5, 5.41) is 0. The van der Waals surface area contributed by atoms with Crippen molar-refractivity contribution in [1.82, 2.24) is 4.98 Å². The van der Waals surface area contributed by atoms with E-state index in [4.69, 9.17) is 9.47 Å². The Kier molecular flexibility index (Phi) is 7.55. The molecule has 0 aliphatic carbocycles. The van der Waals surface area contributed by atoms with Gasteiger partial charge in [-0.05, 0) is 18.5 Å². The first-order chi connectivity index (χ1) is 6.15. The molecule has 1 atom stereocenters. The van der Waals surface area contributed by atoms with Crippen molar-refractivity contribution in [1.29, 1.82) is 0 Å². The zero-order valence-corrected chi connectivity index (χ0v) is 10.6. The van der Waals surface area contributed by atoms with Gasteiger partial charge in [0.25, 0.3) is 0 Å². The summed E-state index contributed by atoms with van der Waals surface area (Å²) in [7, 11) is 2.33. The van der Waals surface area contributed by atoms with Crippen molar-refractivity contribution < 1.29 is 9.47 Å². The molecule has 0 aromatic rings. The third-order valence-corrected chi connectivity index (χ3v) is 5.57. The molecule has 0 aliphatic rings. The highest BCUT2D eigenvalue weighted by Gasteiger charge is 2.22. The second-order valence-electron chi connectivity index (χ2n) is 3.63. The lowest BCUT2D eigenvalue weighted by molar-refractivity contribution is -0.0488. The summed E-state index contributed by atoms with van der Waals surface area (Å²) in [6.45, 7) is 7.61. The van der Waals surface area contributed by atoms with Gasteiger partial charge >= 0.3 is 0 Å². The van der Waals surface area contributed by atoms with Crippen molar-refractivity contribution in [2.45, 2.75) is 32.7 Å². The lowest BCUT2D eigenvalue weighted by Crippen LogP contribution is -2.47. The van der Waals surface area contributed by atoms with Crippen LogP contribution in [0.5, 0.6) is 0 Å². The first kappa shape index (κ1) is 13.1. The van der Waals surface area contributed by atoms with Crippen molar-refractivity contribution in [3.63, 3.8) is 0 Å². The third-order valence-electron chi connectivity index (χ3n) is 1.98. The van der Waals surface area contributed by atoms with Crippen LogP contribution >= 0.6 is 0 Å². The normalized spacial score (nSPS) is 14.1. The number of ether oxygens (including phenoxy) is 2. The van der Waals surface area contributed by atoms with Crippen LogP contribution in [-0.2, 0) is 9.47 Å². The number of methoxy groups -OCH3 is 2. The molecule has 13 heavy (non-hydrogen) atoms. The molecule has 0 aromatic heterocycles. The summed E-state index contributed by atoms with van der Waals surface area (Å²) < 4.78 is 10.6. The fourth-order valence-corrected chi connectivity index (χ4v) is 4.26. The molecule has 0 aromatic carbocycles. The number of nitrogens with one attached hydrogen (secondary N) is 1. The van der Waals surface area contributed by atoms with Crippen LogP contribution in [0.15, 0.2) is 0 Å². The zero-order valence-electron chi connectivity index (χ0n) is 9.46. The van der Waals surface area contributed by atoms with Crippen molar-refractivity contribution in [2.75, 3.05) is 20.8 Å². The standard InChI is InChI=1S/C9H23NO2Si/c1-6-10-13(7-8(2)3)9(11-4)12-5/h8-10,13H,6-7H2,1-5H3. The number of rotatable bonds is 7. The van der Waals surface area contributed by atoms with Crippen LogP contribution in [0.3, 0.4) is 0 Å². The summed E-state index contributed by atoms with van der Waals surface area (Å²) in [4.78, 5) is 3.50. The summed E-state index contributed by atoms with van der Waals surface area (Å²) in [6, 6.07) is 1.21. The van der Waals surface area contributed by atoms with Crippen molar-refractivity contribution in [3.05, 3.63) is 0 Å². The summed E-state index contributed by atoms with van der Waals surface area (Å²) in [5.74, 6) is 0.714. The van der Waals surface area contributed by atoms with E-state index in [2.05, 4.69) is 25.8 Å². The number of hydrogen-bond donors (Lipinski definition) is 1. The van der Waals surface area contributed by atoms with Gasteiger partial charge in [0.1, 0.15) is 0 Å². The van der Waals surface area contributed by atoms with E-state index in [0.29, 0.717) is 5.92 Å². The van der Waals surface area contributed by atoms with E-state index in [-0.39, 0.29) is 5.91 Å². The monoisotopic (exact) mass is 205 g/mol. The minimum atomic E-state index is -1.10. The molecule has 0 saturated heterocycles. The van der Waals surface area contributed by atoms with Gasteiger partial charge in [-0.1, -0.05) is 20.8 Å². The Morgan fingerprint density at radius 1 is 1.23 bits per heavy atom. The van der Waals surface area contributed by atoms with E-state index < -0.39 is 8.96 Å². The van der Waals surface area contributed by atoms with Crippen LogP contribution in [0.1, 0.15) is 20.8 Å². The molecule has 0 radical (unpaired) electrons. The van der Waals surface area contributed by atoms with E-state index in [0.717, 1.165) is 6.54 Å². The Hall–Kier alpha value is 0.0969. The highest BCUT2D eigenvalue weighted by Crippen LogP contribution is 2.08. The molecule has 80 valence electrons. The summed E-state index contributed by atoms with van der Waals surface area (Å²) >= 11 is 0. The maximum atomic E-state index is 5.29. The molecule has 0 heterocycles. The lowest BCUT2D eigenvalue weighted by Gasteiger charge is -2.25. The minimum absolute atomic E-state index is 0.00218. The molecule has 0 rings (SSSR count). The van der Waals surface area contributed by atoms with E-state index in [1.54, 1.807) is 14.2 Å². The van der Waals surface area contributed by atoms with Crippen LogP contribution < -0.4 is 4.98 Å². The van der Waals surface area contributed by atoms with Gasteiger partial charge in [0.15, 0.2) is 14.9 Å². The lowest BCUT2D eigenvalue weighted by atomic mass is 10.3. The van der Waals surface area contributed by atoms with Crippen molar-refractivity contribution in [2.24, 2.45) is 5.92 Å². The summed E-state index contributed by atoms with van der Waals surface area (Å²) in [6.07, 6.45) is 0. The molecular weight excluding hydrogens is 182 g/mol. The molecule has 1 unspecified atom stereocenters. The molecule has 0 aliphatic heterocycles. The third kappa shape index (κ3) is 5.41. The molecule has 0 amide bonds. The van der Waals surface area contributed by atoms with Gasteiger partial charge in [0, 0.05) is 14.2 Å². The van der Waals surface area contributed by atoms with Gasteiger partial charge in [-0.15, -0.1) is 0 Å². The fourth-order valence-electron chi connectivity index (χ4n) is 1.49. The SMILES string of the molecule is CCN[SiH](CC(C)C)C(OC)OC. The fraction of sp³-hybridized carbons (Fsp3) is 1.00. The van der Waals surface area contributed by atoms with Crippen LogP contribution in [0, 0.1) is 5.92 Å². The highest BCUT2D eigenvalue weighted by atomic mass is 28.3. The second-order valence-corrected chi connectivity index (χ2v) is 6.27. The Balaban J connectivity index is 4.03. The Morgan fingerprint density at radius 3 is 2.08 bits per heavy atom. The Morgan fingerprint density at radius 2 is 1.77 bits per heavy atom. The molecule has 1 N–H and O–H groups in total. The van der Waals surface area contributed by atoms with Gasteiger partial charge < -0.3 is 14.5 Å². The van der Waals surface area contributed by atoms with Crippen LogP contribution in [0.25, 0.3) is 0 Å². The van der Waals surface area contributed by atoms with E-state index >= 15 is 0 Å². The predicted molar refractivity (Wildman–Crippen MR) is 58.3 cm³/mol. The van der Waals surface area contributed by atoms with Gasteiger partial charge in [-0.2, -0.15) is 0 Å². The van der Waals surface area contributed by atoms with E-state index in [9.17, 15) is 0 Å². The molecule has 4 heteroatoms. The average Bonchev–Trinajstić information content (AvgIpc) is 2.05. The predicted octanol–water partition coefficient (Wildman–Crippen LogP) is 1.13. The molecule has 0 saturated carbocycles. The first-order valence-corrected chi connectivity index (χ1v) is 7.00. The quantitative estimate of drug-likeness (QED) is 0.499. The first-order valence-electron chi connectivity index (χ1n) is 4.94. The van der Waals surface area contributed by atoms with E-state index in [1.807, 2.05) is 0 Å². The van der Waals surface area contributed by atoms with Crippen molar-refractivity contribution >= 4 is 8.96 Å². The topological polar surface area (TPSA) is 30.5 Å². The smallest absolute Gasteiger partial charge is 0.175 e. The van der Waals surface area contributed by atoms with Gasteiger partial charge in [-0.3, -0.25) is 0 Å². The van der Waals surface area contributed by atoms with Crippen LogP contribution in [0.2, 0.25) is 6.04 Å². The average molecular weight is 205 g/mol. The maximum Gasteiger partial charge on any atom is 0.175 e. The zero-order chi connectivity index (χ0) is 10.3. The van der Waals surface area contributed by atoms with Gasteiger partial charge in [0.05, 0.1) is 0 Å².